The predicted octanol–water partition coefficient (Wildman–Crippen LogP) is 4.07. The van der Waals surface area contributed by atoms with Gasteiger partial charge in [-0.25, -0.2) is 0 Å². The van der Waals surface area contributed by atoms with Gasteiger partial charge in [0.2, 0.25) is 0 Å². The van der Waals surface area contributed by atoms with E-state index in [1.54, 1.807) is 6.07 Å². The first kappa shape index (κ1) is 21.7. The highest BCUT2D eigenvalue weighted by Gasteiger charge is 2.34. The van der Waals surface area contributed by atoms with Gasteiger partial charge in [0.25, 0.3) is 5.91 Å². The summed E-state index contributed by atoms with van der Waals surface area (Å²) in [6.07, 6.45) is -4.65. The maximum Gasteiger partial charge on any atom is 0.417 e. The van der Waals surface area contributed by atoms with Gasteiger partial charge in [-0.1, -0.05) is 0 Å². The van der Waals surface area contributed by atoms with E-state index >= 15 is 0 Å². The summed E-state index contributed by atoms with van der Waals surface area (Å²) in [7, 11) is 5.09. The quantitative estimate of drug-likeness (QED) is 0.412. The monoisotopic (exact) mass is 439 g/mol. The number of halogens is 3. The largest absolute Gasteiger partial charge is 0.447 e. The average Bonchev–Trinajstić information content (AvgIpc) is 3.24. The van der Waals surface area contributed by atoms with Gasteiger partial charge in [-0.3, -0.25) is 15.1 Å². The Morgan fingerprint density at radius 1 is 1.23 bits per heavy atom. The summed E-state index contributed by atoms with van der Waals surface area (Å²) in [5.41, 5.74) is 4.32. The number of alkyl halides is 3. The van der Waals surface area contributed by atoms with Crippen molar-refractivity contribution in [3.8, 4) is 10.8 Å². The van der Waals surface area contributed by atoms with Crippen molar-refractivity contribution in [1.29, 1.82) is 5.41 Å². The van der Waals surface area contributed by atoms with Crippen molar-refractivity contribution in [2.45, 2.75) is 12.7 Å². The molecule has 4 N–H and O–H groups in total. The van der Waals surface area contributed by atoms with Crippen LogP contribution in [0.4, 0.5) is 13.2 Å². The fourth-order valence-corrected chi connectivity index (χ4v) is 3.83. The first-order chi connectivity index (χ1) is 14.0. The Kier molecular flexibility index (Phi) is 5.77. The second-order valence-electron chi connectivity index (χ2n) is 6.92. The number of aromatic nitrogens is 1. The van der Waals surface area contributed by atoms with E-state index in [2.05, 4.69) is 4.98 Å². The van der Waals surface area contributed by atoms with Gasteiger partial charge in [-0.05, 0) is 38.4 Å². The maximum absolute atomic E-state index is 13.7. The number of rotatable bonds is 5. The molecule has 0 saturated carbocycles. The lowest BCUT2D eigenvalue weighted by Crippen LogP contribution is -2.38. The molecule has 0 saturated heterocycles. The third-order valence-electron chi connectivity index (χ3n) is 4.24. The highest BCUT2D eigenvalue weighted by Crippen LogP contribution is 2.40. The molecule has 0 spiro atoms. The number of carbonyl (C=O) groups excluding carboxylic acids is 1. The van der Waals surface area contributed by atoms with Crippen LogP contribution in [0, 0.1) is 5.41 Å². The molecule has 7 nitrogen and oxygen atoms in total. The highest BCUT2D eigenvalue weighted by molar-refractivity contribution is 7.13. The number of benzene rings is 1. The highest BCUT2D eigenvalue weighted by atomic mass is 32.1. The van der Waals surface area contributed by atoms with Crippen molar-refractivity contribution in [2.24, 2.45) is 5.73 Å². The molecule has 2 aromatic heterocycles. The number of nitrogens with two attached hydrogens (primary N) is 1. The van der Waals surface area contributed by atoms with Crippen molar-refractivity contribution in [3.63, 3.8) is 0 Å². The van der Waals surface area contributed by atoms with Crippen LogP contribution in [-0.2, 0) is 12.7 Å². The maximum atomic E-state index is 13.7. The molecule has 0 bridgehead atoms. The van der Waals surface area contributed by atoms with Crippen LogP contribution in [0.5, 0.6) is 10.8 Å². The van der Waals surface area contributed by atoms with Crippen molar-refractivity contribution in [2.75, 3.05) is 21.1 Å². The van der Waals surface area contributed by atoms with Gasteiger partial charge >= 0.3 is 6.18 Å². The number of hydrogen-bond acceptors (Lipinski definition) is 5. The van der Waals surface area contributed by atoms with Gasteiger partial charge in [-0.15, -0.1) is 11.3 Å². The van der Waals surface area contributed by atoms with Crippen LogP contribution >= 0.6 is 11.3 Å². The average molecular weight is 439 g/mol. The standard InChI is InChI=1S/C19H20F3N5O2S/c1-26(2)9-11-4-5-16(30-11)29-10-6-13(19(20,21)22)12-8-15(25-14(12)7-10)17(28)27(3)18(23)24/h4-8,25H,9H2,1-3H3,(H3,23,24). The fourth-order valence-electron chi connectivity index (χ4n) is 2.84. The van der Waals surface area contributed by atoms with E-state index in [-0.39, 0.29) is 22.3 Å². The van der Waals surface area contributed by atoms with E-state index in [1.165, 1.54) is 24.5 Å². The van der Waals surface area contributed by atoms with E-state index in [1.807, 2.05) is 25.1 Å². The number of hydrogen-bond donors (Lipinski definition) is 3. The number of H-pyrrole nitrogens is 1. The number of ether oxygens (including phenoxy) is 1. The Labute approximate surface area is 174 Å². The van der Waals surface area contributed by atoms with Gasteiger partial charge in [0.15, 0.2) is 11.0 Å². The molecular weight excluding hydrogens is 419 g/mol. The Bertz CT molecular complexity index is 1100. The number of thiophene rings is 1. The number of amides is 1. The van der Waals surface area contributed by atoms with Gasteiger partial charge in [-0.2, -0.15) is 13.2 Å². The summed E-state index contributed by atoms with van der Waals surface area (Å²) in [5.74, 6) is -1.25. The molecule has 2 heterocycles. The minimum atomic E-state index is -4.65. The Morgan fingerprint density at radius 2 is 1.93 bits per heavy atom. The summed E-state index contributed by atoms with van der Waals surface area (Å²) in [6.45, 7) is 0.687. The zero-order valence-corrected chi connectivity index (χ0v) is 17.2. The molecule has 3 aromatic rings. The fraction of sp³-hybridized carbons (Fsp3) is 0.263. The van der Waals surface area contributed by atoms with Crippen LogP contribution in [0.15, 0.2) is 30.3 Å². The minimum absolute atomic E-state index is 0.00569. The topological polar surface area (TPSA) is 98.4 Å². The number of fused-ring (bicyclic) bond motifs is 1. The zero-order chi connectivity index (χ0) is 22.2. The molecule has 1 amide bonds. The van der Waals surface area contributed by atoms with E-state index in [9.17, 15) is 18.0 Å². The molecule has 11 heteroatoms. The molecule has 0 fully saturated rings. The zero-order valence-electron chi connectivity index (χ0n) is 16.4. The molecule has 0 atom stereocenters. The molecule has 0 aliphatic rings. The molecule has 3 rings (SSSR count). The second kappa shape index (κ2) is 8.00. The third-order valence-corrected chi connectivity index (χ3v) is 5.19. The molecule has 0 unspecified atom stereocenters. The van der Waals surface area contributed by atoms with Gasteiger partial charge in [0.1, 0.15) is 11.4 Å². The van der Waals surface area contributed by atoms with Gasteiger partial charge in [0.05, 0.1) is 11.1 Å². The third kappa shape index (κ3) is 4.57. The summed E-state index contributed by atoms with van der Waals surface area (Å²) >= 11 is 1.34. The smallest absolute Gasteiger partial charge is 0.417 e. The van der Waals surface area contributed by atoms with Crippen LogP contribution in [0.3, 0.4) is 0 Å². The van der Waals surface area contributed by atoms with E-state index in [0.29, 0.717) is 11.6 Å². The van der Waals surface area contributed by atoms with Crippen molar-refractivity contribution in [1.82, 2.24) is 14.8 Å². The molecule has 30 heavy (non-hydrogen) atoms. The molecule has 0 aliphatic heterocycles. The Balaban J connectivity index is 2.01. The van der Waals surface area contributed by atoms with E-state index in [0.717, 1.165) is 21.9 Å². The van der Waals surface area contributed by atoms with E-state index in [4.69, 9.17) is 15.9 Å². The summed E-state index contributed by atoms with van der Waals surface area (Å²) in [5, 5.41) is 7.61. The van der Waals surface area contributed by atoms with Crippen molar-refractivity contribution >= 4 is 34.1 Å². The lowest BCUT2D eigenvalue weighted by atomic mass is 10.1. The second-order valence-corrected chi connectivity index (χ2v) is 8.05. The van der Waals surface area contributed by atoms with Gasteiger partial charge in [0, 0.05) is 29.9 Å². The Morgan fingerprint density at radius 3 is 2.53 bits per heavy atom. The Hall–Kier alpha value is -3.05. The summed E-state index contributed by atoms with van der Waals surface area (Å²) in [4.78, 5) is 18.8. The number of guanidine groups is 1. The van der Waals surface area contributed by atoms with Crippen LogP contribution in [0.1, 0.15) is 20.9 Å². The molecule has 0 radical (unpaired) electrons. The van der Waals surface area contributed by atoms with Crippen LogP contribution in [-0.4, -0.2) is 47.8 Å². The predicted molar refractivity (Wildman–Crippen MR) is 109 cm³/mol. The normalized spacial score (nSPS) is 11.8. The van der Waals surface area contributed by atoms with Crippen molar-refractivity contribution < 1.29 is 22.7 Å². The molecule has 160 valence electrons. The molecule has 0 aliphatic carbocycles. The number of nitrogens with one attached hydrogen (secondary N) is 2. The number of nitrogens with zero attached hydrogens (tertiary/aromatic N) is 2. The number of carbonyl (C=O) groups is 1. The first-order valence-electron chi connectivity index (χ1n) is 8.73. The van der Waals surface area contributed by atoms with Crippen LogP contribution in [0.25, 0.3) is 10.9 Å². The van der Waals surface area contributed by atoms with Crippen molar-refractivity contribution in [3.05, 3.63) is 46.5 Å². The van der Waals surface area contributed by atoms with Crippen LogP contribution < -0.4 is 10.5 Å². The summed E-state index contributed by atoms with van der Waals surface area (Å²) < 4.78 is 46.6. The minimum Gasteiger partial charge on any atom is -0.447 e. The number of aromatic amines is 1. The van der Waals surface area contributed by atoms with E-state index < -0.39 is 23.6 Å². The summed E-state index contributed by atoms with van der Waals surface area (Å²) in [6, 6.07) is 6.97. The molecule has 1 aromatic carbocycles. The lowest BCUT2D eigenvalue weighted by Gasteiger charge is -2.12. The SMILES string of the molecule is CN(C)Cc1ccc(Oc2cc(C(F)(F)F)c3cc(C(=O)N(C)C(=N)N)[nH]c3c2)s1. The van der Waals surface area contributed by atoms with Gasteiger partial charge < -0.3 is 20.4 Å². The van der Waals surface area contributed by atoms with Crippen LogP contribution in [0.2, 0.25) is 0 Å². The molecular formula is C19H20F3N5O2S. The first-order valence-corrected chi connectivity index (χ1v) is 9.54. The lowest BCUT2D eigenvalue weighted by molar-refractivity contribution is -0.136.